The van der Waals surface area contributed by atoms with Crippen LogP contribution < -0.4 is 5.32 Å². The van der Waals surface area contributed by atoms with E-state index in [1.165, 1.54) is 18.2 Å². The maximum atomic E-state index is 12.0. The van der Waals surface area contributed by atoms with Crippen molar-refractivity contribution in [3.8, 4) is 11.3 Å². The van der Waals surface area contributed by atoms with Crippen molar-refractivity contribution >= 4 is 17.7 Å². The van der Waals surface area contributed by atoms with E-state index in [4.69, 9.17) is 9.52 Å². The molecule has 0 unspecified atom stereocenters. The first-order valence-electron chi connectivity index (χ1n) is 5.45. The Balaban J connectivity index is 2.15. The molecule has 0 aliphatic heterocycles. The molecule has 0 aliphatic carbocycles. The molecule has 2 rings (SSSR count). The summed E-state index contributed by atoms with van der Waals surface area (Å²) < 4.78 is 41.1. The quantitative estimate of drug-likeness (QED) is 0.908. The summed E-state index contributed by atoms with van der Waals surface area (Å²) in [6.07, 6.45) is -3.85. The van der Waals surface area contributed by atoms with Crippen LogP contribution in [0.15, 0.2) is 34.9 Å². The zero-order valence-corrected chi connectivity index (χ0v) is 10.1. The lowest BCUT2D eigenvalue weighted by Gasteiger charge is -2.07. The van der Waals surface area contributed by atoms with Crippen LogP contribution in [0.1, 0.15) is 10.6 Å². The highest BCUT2D eigenvalue weighted by Crippen LogP contribution is 2.23. The Hall–Kier alpha value is -2.84. The van der Waals surface area contributed by atoms with E-state index < -0.39 is 18.1 Å². The number of aromatic carboxylic acids is 1. The summed E-state index contributed by atoms with van der Waals surface area (Å²) in [4.78, 5) is 25.0. The van der Waals surface area contributed by atoms with Crippen LogP contribution in [-0.2, 0) is 4.79 Å². The summed E-state index contributed by atoms with van der Waals surface area (Å²) in [6.45, 7) is 0. The summed E-state index contributed by atoms with van der Waals surface area (Å²) in [7, 11) is 0. The fourth-order valence-electron chi connectivity index (χ4n) is 1.41. The largest absolute Gasteiger partial charge is 0.475 e. The van der Waals surface area contributed by atoms with Crippen molar-refractivity contribution in [3.63, 3.8) is 0 Å². The highest BCUT2D eigenvalue weighted by atomic mass is 19.4. The number of carboxylic acid groups (broad SMARTS) is 1. The molecule has 0 atom stereocenters. The molecule has 0 spiro atoms. The maximum Gasteiger partial charge on any atom is 0.471 e. The third kappa shape index (κ3) is 3.38. The zero-order chi connectivity index (χ0) is 15.6. The average molecular weight is 300 g/mol. The molecular weight excluding hydrogens is 293 g/mol. The monoisotopic (exact) mass is 300 g/mol. The molecule has 0 fully saturated rings. The number of carbonyl (C=O) groups is 2. The second kappa shape index (κ2) is 5.27. The van der Waals surface area contributed by atoms with Crippen molar-refractivity contribution < 1.29 is 32.3 Å². The summed E-state index contributed by atoms with van der Waals surface area (Å²) in [5, 5.41) is 10.3. The molecule has 2 aromatic rings. The Morgan fingerprint density at radius 2 is 1.90 bits per heavy atom. The first kappa shape index (κ1) is 14.6. The van der Waals surface area contributed by atoms with E-state index in [9.17, 15) is 22.8 Å². The smallest absolute Gasteiger partial charge is 0.471 e. The van der Waals surface area contributed by atoms with E-state index in [1.807, 2.05) is 0 Å². The van der Waals surface area contributed by atoms with Gasteiger partial charge in [-0.15, -0.1) is 0 Å². The molecule has 9 heteroatoms. The maximum absolute atomic E-state index is 12.0. The number of carboxylic acids is 1. The molecule has 0 aliphatic rings. The molecular formula is C12H7F3N2O4. The number of alkyl halides is 3. The Kier molecular flexibility index (Phi) is 3.66. The number of aromatic nitrogens is 1. The predicted molar refractivity (Wildman–Crippen MR) is 63.6 cm³/mol. The minimum atomic E-state index is -5.00. The predicted octanol–water partition coefficient (Wildman–Crippen LogP) is 2.54. The number of halogens is 3. The average Bonchev–Trinajstić information content (AvgIpc) is 2.88. The van der Waals surface area contributed by atoms with Gasteiger partial charge < -0.3 is 14.8 Å². The summed E-state index contributed by atoms with van der Waals surface area (Å²) in [6, 6.07) is 5.09. The molecule has 0 aromatic carbocycles. The van der Waals surface area contributed by atoms with Crippen LogP contribution in [0.25, 0.3) is 11.3 Å². The minimum Gasteiger partial charge on any atom is -0.475 e. The summed E-state index contributed by atoms with van der Waals surface area (Å²) >= 11 is 0. The van der Waals surface area contributed by atoms with Crippen molar-refractivity contribution in [2.75, 3.05) is 5.32 Å². The number of pyridine rings is 1. The highest BCUT2D eigenvalue weighted by Gasteiger charge is 2.38. The molecule has 0 bridgehead atoms. The number of carbonyl (C=O) groups excluding carboxylic acids is 1. The summed E-state index contributed by atoms with van der Waals surface area (Å²) in [5.41, 5.74) is 0.354. The SMILES string of the molecule is O=C(O)c1ccc(-c2ccc(NC(=O)C(F)(F)F)nc2)o1. The van der Waals surface area contributed by atoms with Gasteiger partial charge in [-0.2, -0.15) is 13.2 Å². The third-order valence-corrected chi connectivity index (χ3v) is 2.36. The Morgan fingerprint density at radius 3 is 2.38 bits per heavy atom. The molecule has 6 nitrogen and oxygen atoms in total. The van der Waals surface area contributed by atoms with E-state index in [0.29, 0.717) is 5.56 Å². The Bertz CT molecular complexity index is 677. The van der Waals surface area contributed by atoms with Crippen LogP contribution in [-0.4, -0.2) is 28.1 Å². The molecule has 2 aromatic heterocycles. The lowest BCUT2D eigenvalue weighted by atomic mass is 10.2. The topological polar surface area (TPSA) is 92.4 Å². The van der Waals surface area contributed by atoms with Crippen molar-refractivity contribution in [1.29, 1.82) is 0 Å². The second-order valence-electron chi connectivity index (χ2n) is 3.85. The fourth-order valence-corrected chi connectivity index (χ4v) is 1.41. The van der Waals surface area contributed by atoms with Crippen LogP contribution in [0.3, 0.4) is 0 Å². The molecule has 2 heterocycles. The number of amides is 1. The zero-order valence-electron chi connectivity index (χ0n) is 10.1. The first-order chi connectivity index (χ1) is 9.77. The number of nitrogens with zero attached hydrogens (tertiary/aromatic N) is 1. The van der Waals surface area contributed by atoms with Gasteiger partial charge in [-0.05, 0) is 24.3 Å². The van der Waals surface area contributed by atoms with E-state index in [0.717, 1.165) is 12.3 Å². The van der Waals surface area contributed by atoms with Gasteiger partial charge >= 0.3 is 18.1 Å². The van der Waals surface area contributed by atoms with Gasteiger partial charge in [0.25, 0.3) is 0 Å². The standard InChI is InChI=1S/C12H7F3N2O4/c13-12(14,15)11(20)17-9-4-1-6(5-16-9)7-2-3-8(21-7)10(18)19/h1-5H,(H,18,19)(H,16,17,20). The number of furan rings is 1. The lowest BCUT2D eigenvalue weighted by molar-refractivity contribution is -0.167. The van der Waals surface area contributed by atoms with Crippen LogP contribution in [0.2, 0.25) is 0 Å². The van der Waals surface area contributed by atoms with Gasteiger partial charge in [-0.25, -0.2) is 9.78 Å². The van der Waals surface area contributed by atoms with E-state index in [2.05, 4.69) is 4.98 Å². The van der Waals surface area contributed by atoms with E-state index in [1.54, 1.807) is 5.32 Å². The molecule has 0 radical (unpaired) electrons. The number of rotatable bonds is 3. The molecule has 110 valence electrons. The van der Waals surface area contributed by atoms with Crippen LogP contribution >= 0.6 is 0 Å². The van der Waals surface area contributed by atoms with Crippen LogP contribution in [0.5, 0.6) is 0 Å². The van der Waals surface area contributed by atoms with E-state index in [-0.39, 0.29) is 17.3 Å². The van der Waals surface area contributed by atoms with Crippen LogP contribution in [0.4, 0.5) is 19.0 Å². The minimum absolute atomic E-state index is 0.189. The normalized spacial score (nSPS) is 11.2. The van der Waals surface area contributed by atoms with Crippen molar-refractivity contribution in [1.82, 2.24) is 4.98 Å². The van der Waals surface area contributed by atoms with Crippen LogP contribution in [0, 0.1) is 0 Å². The van der Waals surface area contributed by atoms with Crippen molar-refractivity contribution in [3.05, 3.63) is 36.2 Å². The van der Waals surface area contributed by atoms with Gasteiger partial charge in [-0.1, -0.05) is 0 Å². The number of anilines is 1. The Labute approximate surface area is 115 Å². The first-order valence-corrected chi connectivity index (χ1v) is 5.45. The molecule has 0 saturated heterocycles. The second-order valence-corrected chi connectivity index (χ2v) is 3.85. The lowest BCUT2D eigenvalue weighted by Crippen LogP contribution is -2.30. The van der Waals surface area contributed by atoms with Gasteiger partial charge in [0, 0.05) is 11.8 Å². The summed E-state index contributed by atoms with van der Waals surface area (Å²) in [5.74, 6) is -3.75. The van der Waals surface area contributed by atoms with Crippen molar-refractivity contribution in [2.24, 2.45) is 0 Å². The fraction of sp³-hybridized carbons (Fsp3) is 0.0833. The van der Waals surface area contributed by atoms with E-state index >= 15 is 0 Å². The number of hydrogen-bond acceptors (Lipinski definition) is 4. The van der Waals surface area contributed by atoms with Gasteiger partial charge in [0.05, 0.1) is 0 Å². The molecule has 2 N–H and O–H groups in total. The Morgan fingerprint density at radius 1 is 1.19 bits per heavy atom. The number of nitrogens with one attached hydrogen (secondary N) is 1. The van der Waals surface area contributed by atoms with Gasteiger partial charge in [0.2, 0.25) is 5.76 Å². The molecule has 21 heavy (non-hydrogen) atoms. The van der Waals surface area contributed by atoms with Gasteiger partial charge in [-0.3, -0.25) is 4.79 Å². The highest BCUT2D eigenvalue weighted by molar-refractivity contribution is 5.94. The van der Waals surface area contributed by atoms with Gasteiger partial charge in [0.1, 0.15) is 11.6 Å². The van der Waals surface area contributed by atoms with Crippen molar-refractivity contribution in [2.45, 2.75) is 6.18 Å². The molecule has 0 saturated carbocycles. The van der Waals surface area contributed by atoms with Gasteiger partial charge in [0.15, 0.2) is 0 Å². The third-order valence-electron chi connectivity index (χ3n) is 2.36. The molecule has 1 amide bonds. The number of hydrogen-bond donors (Lipinski definition) is 2.